The summed E-state index contributed by atoms with van der Waals surface area (Å²) in [7, 11) is 0. The maximum absolute atomic E-state index is 12.4. The van der Waals surface area contributed by atoms with Crippen LogP contribution in [0.5, 0.6) is 11.5 Å². The van der Waals surface area contributed by atoms with Gasteiger partial charge in [-0.15, -0.1) is 0 Å². The smallest absolute Gasteiger partial charge is 0.251 e. The van der Waals surface area contributed by atoms with E-state index in [-0.39, 0.29) is 11.9 Å². The second-order valence-electron chi connectivity index (χ2n) is 5.46. The fourth-order valence-corrected chi connectivity index (χ4v) is 2.54. The van der Waals surface area contributed by atoms with E-state index in [1.54, 1.807) is 12.1 Å². The topological polar surface area (TPSA) is 47.6 Å². The molecule has 0 spiro atoms. The van der Waals surface area contributed by atoms with E-state index in [9.17, 15) is 4.79 Å². The molecule has 1 aliphatic heterocycles. The highest BCUT2D eigenvalue weighted by molar-refractivity contribution is 5.95. The number of carbonyl (C=O) groups excluding carboxylic acids is 1. The lowest BCUT2D eigenvalue weighted by Gasteiger charge is -2.20. The summed E-state index contributed by atoms with van der Waals surface area (Å²) in [5.74, 6) is 1.35. The summed E-state index contributed by atoms with van der Waals surface area (Å²) in [6.07, 6.45) is 5.44. The maximum atomic E-state index is 12.4. The van der Waals surface area contributed by atoms with E-state index < -0.39 is 0 Å². The average Bonchev–Trinajstić information content (AvgIpc) is 2.52. The predicted octanol–water partition coefficient (Wildman–Crippen LogP) is 3.55. The van der Waals surface area contributed by atoms with Gasteiger partial charge < -0.3 is 14.8 Å². The molecule has 0 aliphatic carbocycles. The van der Waals surface area contributed by atoms with Crippen LogP contribution in [-0.4, -0.2) is 25.2 Å². The molecule has 0 bridgehead atoms. The Morgan fingerprint density at radius 3 is 2.62 bits per heavy atom. The Bertz CT molecular complexity index is 473. The van der Waals surface area contributed by atoms with E-state index in [1.807, 2.05) is 6.07 Å². The molecule has 1 aliphatic rings. The fourth-order valence-electron chi connectivity index (χ4n) is 2.54. The van der Waals surface area contributed by atoms with Gasteiger partial charge in [0, 0.05) is 11.6 Å². The van der Waals surface area contributed by atoms with Gasteiger partial charge in [-0.1, -0.05) is 33.1 Å². The lowest BCUT2D eigenvalue weighted by Crippen LogP contribution is -2.34. The van der Waals surface area contributed by atoms with Gasteiger partial charge in [-0.05, 0) is 31.0 Å². The van der Waals surface area contributed by atoms with Crippen LogP contribution in [0.1, 0.15) is 56.3 Å². The number of ether oxygens (including phenoxy) is 2. The lowest BCUT2D eigenvalue weighted by molar-refractivity contribution is 0.0931. The molecule has 4 nitrogen and oxygen atoms in total. The number of amides is 1. The molecular formula is C17H25NO3. The first kappa shape index (κ1) is 15.7. The first-order chi connectivity index (χ1) is 10.2. The Labute approximate surface area is 126 Å². The summed E-state index contributed by atoms with van der Waals surface area (Å²) >= 11 is 0. The standard InChI is InChI=1S/C17H25NO3/c1-3-5-7-14(6-4-2)18-17(19)13-8-9-15-16(12-13)21-11-10-20-15/h8-9,12,14H,3-7,10-11H2,1-2H3,(H,18,19). The van der Waals surface area contributed by atoms with Crippen molar-refractivity contribution < 1.29 is 14.3 Å². The number of unbranched alkanes of at least 4 members (excludes halogenated alkanes) is 1. The molecule has 0 fully saturated rings. The highest BCUT2D eigenvalue weighted by Gasteiger charge is 2.17. The minimum absolute atomic E-state index is 0.0264. The number of carbonyl (C=O) groups is 1. The molecule has 2 rings (SSSR count). The molecule has 0 aromatic heterocycles. The van der Waals surface area contributed by atoms with Crippen LogP contribution in [0.4, 0.5) is 0 Å². The molecule has 116 valence electrons. The van der Waals surface area contributed by atoms with Crippen LogP contribution in [0.25, 0.3) is 0 Å². The van der Waals surface area contributed by atoms with E-state index in [2.05, 4.69) is 19.2 Å². The zero-order chi connectivity index (χ0) is 15.1. The highest BCUT2D eigenvalue weighted by Crippen LogP contribution is 2.30. The molecule has 21 heavy (non-hydrogen) atoms. The number of nitrogens with one attached hydrogen (secondary N) is 1. The maximum Gasteiger partial charge on any atom is 0.251 e. The Morgan fingerprint density at radius 1 is 1.14 bits per heavy atom. The molecule has 1 heterocycles. The quantitative estimate of drug-likeness (QED) is 0.835. The zero-order valence-corrected chi connectivity index (χ0v) is 13.0. The normalized spacial score (nSPS) is 14.6. The Morgan fingerprint density at radius 2 is 1.90 bits per heavy atom. The van der Waals surface area contributed by atoms with Crippen molar-refractivity contribution in [1.82, 2.24) is 5.32 Å². The van der Waals surface area contributed by atoms with Crippen LogP contribution in [-0.2, 0) is 0 Å². The SMILES string of the molecule is CCCCC(CCC)NC(=O)c1ccc2c(c1)OCCO2. The number of rotatable bonds is 7. The number of hydrogen-bond donors (Lipinski definition) is 1. The van der Waals surface area contributed by atoms with Crippen LogP contribution in [0.3, 0.4) is 0 Å². The molecule has 1 aromatic carbocycles. The third kappa shape index (κ3) is 4.38. The summed E-state index contributed by atoms with van der Waals surface area (Å²) in [4.78, 5) is 12.4. The Kier molecular flexibility index (Phi) is 5.90. The monoisotopic (exact) mass is 291 g/mol. The molecule has 1 atom stereocenters. The minimum Gasteiger partial charge on any atom is -0.486 e. The minimum atomic E-state index is -0.0264. The largest absolute Gasteiger partial charge is 0.486 e. The van der Waals surface area contributed by atoms with Gasteiger partial charge in [0.25, 0.3) is 5.91 Å². The first-order valence-corrected chi connectivity index (χ1v) is 7.95. The third-order valence-electron chi connectivity index (χ3n) is 3.68. The summed E-state index contributed by atoms with van der Waals surface area (Å²) in [5.41, 5.74) is 0.636. The van der Waals surface area contributed by atoms with Gasteiger partial charge in [-0.25, -0.2) is 0 Å². The summed E-state index contributed by atoms with van der Waals surface area (Å²) in [6.45, 7) is 5.42. The van der Waals surface area contributed by atoms with E-state index in [0.29, 0.717) is 30.3 Å². The van der Waals surface area contributed by atoms with Crippen molar-refractivity contribution in [3.8, 4) is 11.5 Å². The highest BCUT2D eigenvalue weighted by atomic mass is 16.6. The predicted molar refractivity (Wildman–Crippen MR) is 83.1 cm³/mol. The lowest BCUT2D eigenvalue weighted by atomic mass is 10.0. The molecule has 1 N–H and O–H groups in total. The van der Waals surface area contributed by atoms with Gasteiger partial charge in [-0.3, -0.25) is 4.79 Å². The Hall–Kier alpha value is -1.71. The van der Waals surface area contributed by atoms with Gasteiger partial charge in [0.1, 0.15) is 13.2 Å². The zero-order valence-electron chi connectivity index (χ0n) is 13.0. The molecule has 1 unspecified atom stereocenters. The summed E-state index contributed by atoms with van der Waals surface area (Å²) in [6, 6.07) is 5.64. The number of hydrogen-bond acceptors (Lipinski definition) is 3. The summed E-state index contributed by atoms with van der Waals surface area (Å²) in [5, 5.41) is 3.14. The van der Waals surface area contributed by atoms with Crippen LogP contribution < -0.4 is 14.8 Å². The van der Waals surface area contributed by atoms with E-state index in [1.165, 1.54) is 0 Å². The second-order valence-corrected chi connectivity index (χ2v) is 5.46. The van der Waals surface area contributed by atoms with Crippen molar-refractivity contribution in [2.75, 3.05) is 13.2 Å². The van der Waals surface area contributed by atoms with Crippen molar-refractivity contribution in [1.29, 1.82) is 0 Å². The van der Waals surface area contributed by atoms with Crippen molar-refractivity contribution in [2.24, 2.45) is 0 Å². The second kappa shape index (κ2) is 7.91. The van der Waals surface area contributed by atoms with Crippen molar-refractivity contribution in [2.45, 2.75) is 52.0 Å². The van der Waals surface area contributed by atoms with Crippen LogP contribution in [0.2, 0.25) is 0 Å². The van der Waals surface area contributed by atoms with Crippen LogP contribution >= 0.6 is 0 Å². The molecular weight excluding hydrogens is 266 g/mol. The average molecular weight is 291 g/mol. The molecule has 0 saturated carbocycles. The third-order valence-corrected chi connectivity index (χ3v) is 3.68. The van der Waals surface area contributed by atoms with E-state index in [0.717, 1.165) is 32.1 Å². The Balaban J connectivity index is 2.01. The van der Waals surface area contributed by atoms with Crippen molar-refractivity contribution in [3.63, 3.8) is 0 Å². The van der Waals surface area contributed by atoms with E-state index >= 15 is 0 Å². The molecule has 1 amide bonds. The number of benzene rings is 1. The first-order valence-electron chi connectivity index (χ1n) is 7.95. The van der Waals surface area contributed by atoms with Gasteiger partial charge in [0.15, 0.2) is 11.5 Å². The van der Waals surface area contributed by atoms with Gasteiger partial charge in [0.05, 0.1) is 0 Å². The van der Waals surface area contributed by atoms with Crippen molar-refractivity contribution >= 4 is 5.91 Å². The van der Waals surface area contributed by atoms with Crippen molar-refractivity contribution in [3.05, 3.63) is 23.8 Å². The number of fused-ring (bicyclic) bond motifs is 1. The van der Waals surface area contributed by atoms with Gasteiger partial charge in [-0.2, -0.15) is 0 Å². The van der Waals surface area contributed by atoms with E-state index in [4.69, 9.17) is 9.47 Å². The molecule has 4 heteroatoms. The van der Waals surface area contributed by atoms with Crippen LogP contribution in [0.15, 0.2) is 18.2 Å². The fraction of sp³-hybridized carbons (Fsp3) is 0.588. The molecule has 0 radical (unpaired) electrons. The molecule has 1 aromatic rings. The van der Waals surface area contributed by atoms with Gasteiger partial charge >= 0.3 is 0 Å². The van der Waals surface area contributed by atoms with Gasteiger partial charge in [0.2, 0.25) is 0 Å². The molecule has 0 saturated heterocycles. The summed E-state index contributed by atoms with van der Waals surface area (Å²) < 4.78 is 11.0. The van der Waals surface area contributed by atoms with Crippen LogP contribution in [0, 0.1) is 0 Å².